The molecule has 12 heavy (non-hydrogen) atoms. The van der Waals surface area contributed by atoms with E-state index >= 15 is 0 Å². The third-order valence-corrected chi connectivity index (χ3v) is 3.15. The van der Waals surface area contributed by atoms with Crippen molar-refractivity contribution in [3.8, 4) is 0 Å². The number of benzene rings is 1. The highest BCUT2D eigenvalue weighted by Crippen LogP contribution is 2.19. The minimum Gasteiger partial charge on any atom is -0.373 e. The maximum absolute atomic E-state index is 5.17. The molecular formula is C10H11IO. The molecule has 1 atom stereocenters. The van der Waals surface area contributed by atoms with Crippen LogP contribution in [-0.2, 0) is 11.2 Å². The summed E-state index contributed by atoms with van der Waals surface area (Å²) < 4.78 is 6.54. The lowest BCUT2D eigenvalue weighted by Gasteiger charge is -2.01. The Morgan fingerprint density at radius 2 is 2.17 bits per heavy atom. The lowest BCUT2D eigenvalue weighted by Crippen LogP contribution is -1.93. The van der Waals surface area contributed by atoms with E-state index in [0.717, 1.165) is 13.0 Å². The standard InChI is InChI=1S/C10H11IO/c11-10-4-2-1-3-8(10)5-6-9-7-12-9/h1-4,9H,5-7H2/t9-/m1/s1. The van der Waals surface area contributed by atoms with Gasteiger partial charge in [0.2, 0.25) is 0 Å². The molecule has 0 bridgehead atoms. The van der Waals surface area contributed by atoms with E-state index in [1.807, 2.05) is 0 Å². The van der Waals surface area contributed by atoms with Crippen LogP contribution in [0.25, 0.3) is 0 Å². The predicted octanol–water partition coefficient (Wildman–Crippen LogP) is 2.62. The van der Waals surface area contributed by atoms with Gasteiger partial charge in [0.1, 0.15) is 0 Å². The van der Waals surface area contributed by atoms with Gasteiger partial charge in [0.05, 0.1) is 12.7 Å². The molecule has 0 aliphatic carbocycles. The highest BCUT2D eigenvalue weighted by Gasteiger charge is 2.21. The molecule has 1 aromatic rings. The topological polar surface area (TPSA) is 12.5 Å². The molecule has 1 fully saturated rings. The second-order valence-electron chi connectivity index (χ2n) is 3.09. The fourth-order valence-electron chi connectivity index (χ4n) is 1.25. The van der Waals surface area contributed by atoms with Crippen LogP contribution in [0.5, 0.6) is 0 Å². The van der Waals surface area contributed by atoms with Crippen LogP contribution in [0.2, 0.25) is 0 Å². The van der Waals surface area contributed by atoms with Gasteiger partial charge in [-0.05, 0) is 47.1 Å². The van der Waals surface area contributed by atoms with Crippen molar-refractivity contribution in [1.29, 1.82) is 0 Å². The monoisotopic (exact) mass is 274 g/mol. The Morgan fingerprint density at radius 3 is 2.83 bits per heavy atom. The zero-order valence-corrected chi connectivity index (χ0v) is 8.95. The molecule has 1 heterocycles. The van der Waals surface area contributed by atoms with Crippen molar-refractivity contribution < 1.29 is 4.74 Å². The minimum atomic E-state index is 0.556. The molecule has 0 amide bonds. The van der Waals surface area contributed by atoms with Crippen LogP contribution in [0.4, 0.5) is 0 Å². The summed E-state index contributed by atoms with van der Waals surface area (Å²) in [7, 11) is 0. The summed E-state index contributed by atoms with van der Waals surface area (Å²) in [5.74, 6) is 0. The van der Waals surface area contributed by atoms with E-state index in [0.29, 0.717) is 6.10 Å². The van der Waals surface area contributed by atoms with E-state index in [-0.39, 0.29) is 0 Å². The Labute approximate surface area is 86.3 Å². The molecule has 1 nitrogen and oxygen atoms in total. The second-order valence-corrected chi connectivity index (χ2v) is 4.25. The molecule has 1 saturated heterocycles. The summed E-state index contributed by atoms with van der Waals surface area (Å²) in [5, 5.41) is 0. The van der Waals surface area contributed by atoms with Crippen LogP contribution in [0.1, 0.15) is 12.0 Å². The molecule has 1 aromatic carbocycles. The van der Waals surface area contributed by atoms with Gasteiger partial charge in [-0.1, -0.05) is 18.2 Å². The summed E-state index contributed by atoms with van der Waals surface area (Å²) in [6.45, 7) is 0.976. The van der Waals surface area contributed by atoms with Gasteiger partial charge in [-0.2, -0.15) is 0 Å². The van der Waals surface area contributed by atoms with Gasteiger partial charge < -0.3 is 4.74 Å². The highest BCUT2D eigenvalue weighted by atomic mass is 127. The third kappa shape index (κ3) is 2.20. The zero-order chi connectivity index (χ0) is 8.39. The van der Waals surface area contributed by atoms with Crippen molar-refractivity contribution >= 4 is 22.6 Å². The smallest absolute Gasteiger partial charge is 0.0813 e. The predicted molar refractivity (Wildman–Crippen MR) is 57.2 cm³/mol. The van der Waals surface area contributed by atoms with Gasteiger partial charge in [0, 0.05) is 3.57 Å². The van der Waals surface area contributed by atoms with E-state index < -0.39 is 0 Å². The first kappa shape index (κ1) is 8.51. The molecular weight excluding hydrogens is 263 g/mol. The number of hydrogen-bond donors (Lipinski definition) is 0. The number of rotatable bonds is 3. The second kappa shape index (κ2) is 3.75. The number of halogens is 1. The lowest BCUT2D eigenvalue weighted by molar-refractivity contribution is 0.396. The summed E-state index contributed by atoms with van der Waals surface area (Å²) >= 11 is 2.39. The van der Waals surface area contributed by atoms with Gasteiger partial charge in [0.25, 0.3) is 0 Å². The Kier molecular flexibility index (Phi) is 2.66. The van der Waals surface area contributed by atoms with E-state index in [1.54, 1.807) is 0 Å². The normalized spacial score (nSPS) is 20.9. The van der Waals surface area contributed by atoms with Crippen molar-refractivity contribution in [2.75, 3.05) is 6.61 Å². The summed E-state index contributed by atoms with van der Waals surface area (Å²) in [5.41, 5.74) is 1.45. The van der Waals surface area contributed by atoms with Crippen molar-refractivity contribution in [2.45, 2.75) is 18.9 Å². The van der Waals surface area contributed by atoms with Crippen LogP contribution in [0, 0.1) is 3.57 Å². The largest absolute Gasteiger partial charge is 0.373 e. The van der Waals surface area contributed by atoms with Crippen LogP contribution in [0.15, 0.2) is 24.3 Å². The first-order valence-electron chi connectivity index (χ1n) is 4.21. The molecule has 2 rings (SSSR count). The zero-order valence-electron chi connectivity index (χ0n) is 6.79. The summed E-state index contributed by atoms with van der Waals surface area (Å²) in [6.07, 6.45) is 2.89. The lowest BCUT2D eigenvalue weighted by atomic mass is 10.1. The average Bonchev–Trinajstić information content (AvgIpc) is 2.86. The summed E-state index contributed by atoms with van der Waals surface area (Å²) in [4.78, 5) is 0. The Balaban J connectivity index is 1.96. The number of epoxide rings is 1. The number of hydrogen-bond acceptors (Lipinski definition) is 1. The Bertz CT molecular complexity index is 268. The SMILES string of the molecule is Ic1ccccc1CC[C@@H]1CO1. The molecule has 1 aliphatic rings. The molecule has 64 valence electrons. The van der Waals surface area contributed by atoms with Crippen LogP contribution in [0.3, 0.4) is 0 Å². The molecule has 1 aliphatic heterocycles. The third-order valence-electron chi connectivity index (χ3n) is 2.10. The quantitative estimate of drug-likeness (QED) is 0.609. The van der Waals surface area contributed by atoms with E-state index in [2.05, 4.69) is 46.9 Å². The van der Waals surface area contributed by atoms with Crippen LogP contribution < -0.4 is 0 Å². The minimum absolute atomic E-state index is 0.556. The first-order chi connectivity index (χ1) is 5.86. The van der Waals surface area contributed by atoms with E-state index in [1.165, 1.54) is 15.6 Å². The van der Waals surface area contributed by atoms with Crippen LogP contribution in [-0.4, -0.2) is 12.7 Å². The first-order valence-corrected chi connectivity index (χ1v) is 5.29. The highest BCUT2D eigenvalue weighted by molar-refractivity contribution is 14.1. The van der Waals surface area contributed by atoms with Crippen LogP contribution >= 0.6 is 22.6 Å². The molecule has 0 radical (unpaired) electrons. The molecule has 0 unspecified atom stereocenters. The fraction of sp³-hybridized carbons (Fsp3) is 0.400. The fourth-order valence-corrected chi connectivity index (χ4v) is 1.91. The Morgan fingerprint density at radius 1 is 1.42 bits per heavy atom. The van der Waals surface area contributed by atoms with Crippen molar-refractivity contribution in [1.82, 2.24) is 0 Å². The molecule has 0 aromatic heterocycles. The summed E-state index contributed by atoms with van der Waals surface area (Å²) in [6, 6.07) is 8.54. The van der Waals surface area contributed by atoms with Crippen molar-refractivity contribution in [3.63, 3.8) is 0 Å². The van der Waals surface area contributed by atoms with Gasteiger partial charge in [-0.25, -0.2) is 0 Å². The van der Waals surface area contributed by atoms with Crippen molar-refractivity contribution in [2.24, 2.45) is 0 Å². The van der Waals surface area contributed by atoms with Gasteiger partial charge in [-0.15, -0.1) is 0 Å². The maximum Gasteiger partial charge on any atom is 0.0813 e. The molecule has 0 spiro atoms. The number of aryl methyl sites for hydroxylation is 1. The maximum atomic E-state index is 5.17. The van der Waals surface area contributed by atoms with E-state index in [4.69, 9.17) is 4.74 Å². The van der Waals surface area contributed by atoms with Gasteiger partial charge in [-0.3, -0.25) is 0 Å². The molecule has 0 N–H and O–H groups in total. The molecule has 2 heteroatoms. The average molecular weight is 274 g/mol. The van der Waals surface area contributed by atoms with E-state index in [9.17, 15) is 0 Å². The van der Waals surface area contributed by atoms with Crippen molar-refractivity contribution in [3.05, 3.63) is 33.4 Å². The molecule has 0 saturated carbocycles. The number of ether oxygens (including phenoxy) is 1. The van der Waals surface area contributed by atoms with Gasteiger partial charge in [0.15, 0.2) is 0 Å². The Hall–Kier alpha value is -0.0900. The van der Waals surface area contributed by atoms with Gasteiger partial charge >= 0.3 is 0 Å².